The summed E-state index contributed by atoms with van der Waals surface area (Å²) in [5.74, 6) is -1.60. The maximum atomic E-state index is 14.0. The number of fused-ring (bicyclic) bond motifs is 1. The normalized spacial score (nSPS) is 11.2. The van der Waals surface area contributed by atoms with Crippen LogP contribution in [0.3, 0.4) is 0 Å². The smallest absolute Gasteiger partial charge is 0.206 e. The second-order valence-electron chi connectivity index (χ2n) is 4.13. The standard InChI is InChI=1S/C13H7Cl2F2N3/c14-7-2-1-3-10-12(7)20(13(18)19-10)11-8(15)4-6(16)5-9(11)17/h1-5H,(H2,18,19). The van der Waals surface area contributed by atoms with Gasteiger partial charge in [-0.25, -0.2) is 13.8 Å². The second-order valence-corrected chi connectivity index (χ2v) is 4.95. The van der Waals surface area contributed by atoms with Gasteiger partial charge in [-0.05, 0) is 18.2 Å². The van der Waals surface area contributed by atoms with E-state index in [-0.39, 0.29) is 16.7 Å². The minimum Gasteiger partial charge on any atom is -0.369 e. The number of nitrogens with two attached hydrogens (primary N) is 1. The van der Waals surface area contributed by atoms with Crippen LogP contribution < -0.4 is 5.73 Å². The van der Waals surface area contributed by atoms with Gasteiger partial charge in [-0.15, -0.1) is 0 Å². The van der Waals surface area contributed by atoms with Gasteiger partial charge in [0, 0.05) is 6.07 Å². The number of hydrogen-bond donors (Lipinski definition) is 1. The Morgan fingerprint density at radius 3 is 2.55 bits per heavy atom. The number of benzene rings is 2. The first-order valence-corrected chi connectivity index (χ1v) is 6.32. The van der Waals surface area contributed by atoms with Gasteiger partial charge in [-0.3, -0.25) is 4.57 Å². The van der Waals surface area contributed by atoms with E-state index in [4.69, 9.17) is 28.9 Å². The first kappa shape index (κ1) is 13.1. The van der Waals surface area contributed by atoms with Crippen molar-refractivity contribution in [2.45, 2.75) is 0 Å². The fourth-order valence-corrected chi connectivity index (χ4v) is 2.61. The van der Waals surface area contributed by atoms with Gasteiger partial charge in [-0.1, -0.05) is 29.3 Å². The molecule has 20 heavy (non-hydrogen) atoms. The summed E-state index contributed by atoms with van der Waals surface area (Å²) in [4.78, 5) is 4.09. The minimum absolute atomic E-state index is 0.0144. The molecule has 0 amide bonds. The molecule has 1 aromatic heterocycles. The van der Waals surface area contributed by atoms with Crippen molar-refractivity contribution < 1.29 is 8.78 Å². The molecule has 0 unspecified atom stereocenters. The Hall–Kier alpha value is -1.85. The van der Waals surface area contributed by atoms with Gasteiger partial charge in [0.2, 0.25) is 5.95 Å². The van der Waals surface area contributed by atoms with Crippen molar-refractivity contribution in [2.75, 3.05) is 5.73 Å². The lowest BCUT2D eigenvalue weighted by molar-refractivity contribution is 0.579. The summed E-state index contributed by atoms with van der Waals surface area (Å²) < 4.78 is 28.5. The van der Waals surface area contributed by atoms with E-state index in [1.54, 1.807) is 18.2 Å². The van der Waals surface area contributed by atoms with Crippen LogP contribution in [0, 0.1) is 11.6 Å². The third kappa shape index (κ3) is 1.90. The van der Waals surface area contributed by atoms with Crippen molar-refractivity contribution in [3.8, 4) is 5.69 Å². The van der Waals surface area contributed by atoms with Crippen molar-refractivity contribution in [1.82, 2.24) is 9.55 Å². The maximum Gasteiger partial charge on any atom is 0.206 e. The van der Waals surface area contributed by atoms with Crippen molar-refractivity contribution in [3.05, 3.63) is 52.0 Å². The van der Waals surface area contributed by atoms with Gasteiger partial charge >= 0.3 is 0 Å². The van der Waals surface area contributed by atoms with E-state index in [0.717, 1.165) is 12.1 Å². The second kappa shape index (κ2) is 4.61. The third-order valence-electron chi connectivity index (χ3n) is 2.86. The molecule has 2 aromatic carbocycles. The Morgan fingerprint density at radius 1 is 1.10 bits per heavy atom. The molecule has 2 N–H and O–H groups in total. The molecule has 3 aromatic rings. The number of hydrogen-bond acceptors (Lipinski definition) is 2. The molecule has 0 aliphatic heterocycles. The van der Waals surface area contributed by atoms with Crippen LogP contribution in [0.25, 0.3) is 16.7 Å². The van der Waals surface area contributed by atoms with Crippen LogP contribution >= 0.6 is 23.2 Å². The Morgan fingerprint density at radius 2 is 1.85 bits per heavy atom. The molecule has 0 aliphatic carbocycles. The molecule has 0 saturated heterocycles. The summed E-state index contributed by atoms with van der Waals surface area (Å²) in [5, 5.41) is 0.222. The molecular weight excluding hydrogens is 307 g/mol. The van der Waals surface area contributed by atoms with Gasteiger partial charge < -0.3 is 5.73 Å². The van der Waals surface area contributed by atoms with E-state index in [9.17, 15) is 8.78 Å². The van der Waals surface area contributed by atoms with Crippen LogP contribution in [0.1, 0.15) is 0 Å². The SMILES string of the molecule is Nc1nc2cccc(Cl)c2n1-c1c(F)cc(F)cc1Cl. The van der Waals surface area contributed by atoms with Crippen molar-refractivity contribution >= 4 is 40.2 Å². The van der Waals surface area contributed by atoms with Gasteiger partial charge in [0.25, 0.3) is 0 Å². The Bertz CT molecular complexity index is 807. The van der Waals surface area contributed by atoms with Gasteiger partial charge in [0.15, 0.2) is 5.82 Å². The first-order valence-electron chi connectivity index (χ1n) is 5.56. The average Bonchev–Trinajstić information content (AvgIpc) is 2.66. The highest BCUT2D eigenvalue weighted by Gasteiger charge is 2.19. The third-order valence-corrected chi connectivity index (χ3v) is 3.45. The molecule has 0 radical (unpaired) electrons. The lowest BCUT2D eigenvalue weighted by Crippen LogP contribution is -2.04. The summed E-state index contributed by atoms with van der Waals surface area (Å²) in [5.41, 5.74) is 6.63. The topological polar surface area (TPSA) is 43.8 Å². The first-order chi connectivity index (χ1) is 9.49. The Balaban J connectivity index is 2.44. The molecule has 0 spiro atoms. The van der Waals surface area contributed by atoms with Gasteiger partial charge in [0.1, 0.15) is 11.5 Å². The largest absolute Gasteiger partial charge is 0.369 e. The number of nitrogens with zero attached hydrogens (tertiary/aromatic N) is 2. The molecule has 0 saturated carbocycles. The fraction of sp³-hybridized carbons (Fsp3) is 0. The maximum absolute atomic E-state index is 14.0. The molecule has 3 nitrogen and oxygen atoms in total. The summed E-state index contributed by atoms with van der Waals surface area (Å²) in [6.07, 6.45) is 0. The molecule has 0 fully saturated rings. The average molecular weight is 314 g/mol. The summed E-state index contributed by atoms with van der Waals surface area (Å²) in [6, 6.07) is 6.73. The highest BCUT2D eigenvalue weighted by molar-refractivity contribution is 6.35. The number of para-hydroxylation sites is 1. The van der Waals surface area contributed by atoms with Crippen LogP contribution in [0.4, 0.5) is 14.7 Å². The monoisotopic (exact) mass is 313 g/mol. The van der Waals surface area contributed by atoms with Crippen LogP contribution in [-0.4, -0.2) is 9.55 Å². The van der Waals surface area contributed by atoms with Crippen LogP contribution in [-0.2, 0) is 0 Å². The van der Waals surface area contributed by atoms with Crippen LogP contribution in [0.5, 0.6) is 0 Å². The molecule has 7 heteroatoms. The van der Waals surface area contributed by atoms with E-state index in [2.05, 4.69) is 4.98 Å². The number of anilines is 1. The highest BCUT2D eigenvalue weighted by atomic mass is 35.5. The van der Waals surface area contributed by atoms with Gasteiger partial charge in [-0.2, -0.15) is 0 Å². The zero-order valence-corrected chi connectivity index (χ0v) is 11.4. The number of rotatable bonds is 1. The molecule has 1 heterocycles. The number of nitrogen functional groups attached to an aromatic ring is 1. The Labute approximate surface area is 122 Å². The lowest BCUT2D eigenvalue weighted by atomic mass is 10.2. The van der Waals surface area contributed by atoms with E-state index in [1.807, 2.05) is 0 Å². The van der Waals surface area contributed by atoms with E-state index >= 15 is 0 Å². The fourth-order valence-electron chi connectivity index (χ4n) is 2.08. The number of aromatic nitrogens is 2. The van der Waals surface area contributed by atoms with E-state index in [0.29, 0.717) is 16.1 Å². The van der Waals surface area contributed by atoms with Crippen molar-refractivity contribution in [3.63, 3.8) is 0 Å². The lowest BCUT2D eigenvalue weighted by Gasteiger charge is -2.10. The minimum atomic E-state index is -0.846. The molecular formula is C13H7Cl2F2N3. The predicted octanol–water partition coefficient (Wildman–Crippen LogP) is 4.19. The zero-order valence-electron chi connectivity index (χ0n) is 9.87. The molecule has 3 rings (SSSR count). The summed E-state index contributed by atoms with van der Waals surface area (Å²) in [6.45, 7) is 0. The van der Waals surface area contributed by atoms with Crippen LogP contribution in [0.2, 0.25) is 10.0 Å². The number of halogens is 4. The summed E-state index contributed by atoms with van der Waals surface area (Å²) in [7, 11) is 0. The molecule has 102 valence electrons. The predicted molar refractivity (Wildman–Crippen MR) is 75.4 cm³/mol. The molecule has 0 aliphatic rings. The quantitative estimate of drug-likeness (QED) is 0.732. The number of imidazole rings is 1. The summed E-state index contributed by atoms with van der Waals surface area (Å²) >= 11 is 12.0. The Kier molecular flexibility index (Phi) is 3.03. The van der Waals surface area contributed by atoms with Crippen molar-refractivity contribution in [1.29, 1.82) is 0 Å². The molecule has 0 bridgehead atoms. The van der Waals surface area contributed by atoms with Crippen LogP contribution in [0.15, 0.2) is 30.3 Å². The van der Waals surface area contributed by atoms with Crippen molar-refractivity contribution in [2.24, 2.45) is 0 Å². The zero-order chi connectivity index (χ0) is 14.4. The highest BCUT2D eigenvalue weighted by Crippen LogP contribution is 2.33. The molecule has 0 atom stereocenters. The van der Waals surface area contributed by atoms with E-state index < -0.39 is 11.6 Å². The van der Waals surface area contributed by atoms with E-state index in [1.165, 1.54) is 4.57 Å². The van der Waals surface area contributed by atoms with Gasteiger partial charge in [0.05, 0.1) is 21.1 Å².